The summed E-state index contributed by atoms with van der Waals surface area (Å²) in [4.78, 5) is 40.9. The molecule has 0 spiro atoms. The number of halogens is 15. The molecular formula is C48H43F15N11O6+. The van der Waals surface area contributed by atoms with Gasteiger partial charge in [-0.25, -0.2) is 9.97 Å². The molecule has 80 heavy (non-hydrogen) atoms. The van der Waals surface area contributed by atoms with Crippen LogP contribution in [0.2, 0.25) is 0 Å². The lowest BCUT2D eigenvalue weighted by Gasteiger charge is -2.28. The second kappa shape index (κ2) is 21.4. The maximum absolute atomic E-state index is 15.2. The molecule has 2 aliphatic rings. The first-order chi connectivity index (χ1) is 37.2. The van der Waals surface area contributed by atoms with Gasteiger partial charge < -0.3 is 40.3 Å². The fourth-order valence-electron chi connectivity index (χ4n) is 9.02. The molecule has 0 radical (unpaired) electrons. The van der Waals surface area contributed by atoms with Crippen LogP contribution in [0.15, 0.2) is 63.6 Å². The van der Waals surface area contributed by atoms with E-state index in [1.165, 1.54) is 24.3 Å². The summed E-state index contributed by atoms with van der Waals surface area (Å²) in [5.74, 6) is -7.40. The van der Waals surface area contributed by atoms with Gasteiger partial charge in [-0.1, -0.05) is 43.2 Å². The second-order valence-electron chi connectivity index (χ2n) is 18.9. The molecule has 2 aliphatic heterocycles. The molecule has 2 amide bonds. The van der Waals surface area contributed by atoms with Crippen LogP contribution in [0.5, 0.6) is 0 Å². The molecule has 0 fully saturated rings. The van der Waals surface area contributed by atoms with Crippen LogP contribution in [0.4, 0.5) is 77.2 Å². The van der Waals surface area contributed by atoms with Crippen molar-refractivity contribution in [2.24, 2.45) is 0 Å². The van der Waals surface area contributed by atoms with E-state index in [-0.39, 0.29) is 61.3 Å². The van der Waals surface area contributed by atoms with Crippen LogP contribution in [0.1, 0.15) is 118 Å². The Balaban J connectivity index is 1.14. The molecule has 6 N–H and O–H groups in total. The number of fused-ring (bicyclic) bond motifs is 10. The summed E-state index contributed by atoms with van der Waals surface area (Å²) in [5.41, 5.74) is -6.21. The molecule has 7 heterocycles. The average Bonchev–Trinajstić information content (AvgIpc) is 4.23. The highest BCUT2D eigenvalue weighted by atomic mass is 19.4. The highest BCUT2D eigenvalue weighted by molar-refractivity contribution is 5.96. The molecule has 0 aliphatic carbocycles. The van der Waals surface area contributed by atoms with E-state index < -0.39 is 180 Å². The SMILES string of the molecule is Nc1cc(C(F)(F)F)c2nc1-c1nnc(o1)C(O)(C(F)(F)F)CCCCCN(Cc1cccc(CC[n+]3nc4oc3C(O)(C(F)(F)F)CCCCCN(Cc3ccc(C(F)(F)F)nc3)C(=O)c3nc-4c(N)cc3C(F)(F)F)c1)C2=O. The monoisotopic (exact) mass is 1150 g/mol. The molecular weight excluding hydrogens is 1110 g/mol. The minimum Gasteiger partial charge on any atom is -0.416 e. The minimum absolute atomic E-state index is 0.0801. The van der Waals surface area contributed by atoms with E-state index in [0.29, 0.717) is 16.8 Å². The Morgan fingerprint density at radius 3 is 1.62 bits per heavy atom. The maximum Gasteiger partial charge on any atom is 0.433 e. The number of anilines is 2. The molecule has 8 rings (SSSR count). The van der Waals surface area contributed by atoms with Crippen LogP contribution in [0.25, 0.3) is 23.2 Å². The molecule has 17 nitrogen and oxygen atoms in total. The average molecular weight is 1150 g/mol. The quantitative estimate of drug-likeness (QED) is 0.0861. The first-order valence-corrected chi connectivity index (χ1v) is 24.0. The maximum atomic E-state index is 15.2. The van der Waals surface area contributed by atoms with Crippen molar-refractivity contribution in [3.05, 3.63) is 111 Å². The lowest BCUT2D eigenvalue weighted by atomic mass is 9.94. The Morgan fingerprint density at radius 1 is 0.588 bits per heavy atom. The van der Waals surface area contributed by atoms with E-state index in [1.807, 2.05) is 0 Å². The summed E-state index contributed by atoms with van der Waals surface area (Å²) < 4.78 is 227. The van der Waals surface area contributed by atoms with E-state index in [0.717, 1.165) is 22.1 Å². The van der Waals surface area contributed by atoms with Crippen molar-refractivity contribution in [2.75, 3.05) is 24.6 Å². The number of aryl methyl sites for hydroxylation is 2. The first kappa shape index (κ1) is 58.5. The summed E-state index contributed by atoms with van der Waals surface area (Å²) in [5, 5.41) is 33.1. The number of nitrogen functional groups attached to an aromatic ring is 2. The number of aromatic nitrogens is 7. The molecule has 0 saturated carbocycles. The topological polar surface area (TPSA) is 241 Å². The molecule has 6 aromatic rings. The number of aliphatic hydroxyl groups is 2. The zero-order valence-corrected chi connectivity index (χ0v) is 41.0. The number of carbonyl (C=O) groups is 2. The van der Waals surface area contributed by atoms with Gasteiger partial charge in [-0.05, 0) is 78.1 Å². The van der Waals surface area contributed by atoms with Gasteiger partial charge in [-0.15, -0.1) is 10.2 Å². The minimum atomic E-state index is -5.54. The van der Waals surface area contributed by atoms with E-state index >= 15 is 13.2 Å². The van der Waals surface area contributed by atoms with Crippen LogP contribution in [-0.4, -0.2) is 87.5 Å². The van der Waals surface area contributed by atoms with Crippen LogP contribution < -0.4 is 16.1 Å². The third-order valence-electron chi connectivity index (χ3n) is 13.2. The van der Waals surface area contributed by atoms with Crippen molar-refractivity contribution in [1.29, 1.82) is 0 Å². The lowest BCUT2D eigenvalue weighted by Crippen LogP contribution is -2.53. The van der Waals surface area contributed by atoms with E-state index in [1.54, 1.807) is 0 Å². The van der Waals surface area contributed by atoms with Gasteiger partial charge in [0.25, 0.3) is 29.2 Å². The van der Waals surface area contributed by atoms with Crippen molar-refractivity contribution in [1.82, 2.24) is 40.0 Å². The molecule has 5 aromatic heterocycles. The van der Waals surface area contributed by atoms with Gasteiger partial charge in [0.15, 0.2) is 17.9 Å². The Morgan fingerprint density at radius 2 is 1.11 bits per heavy atom. The van der Waals surface area contributed by atoms with E-state index in [9.17, 15) is 72.5 Å². The van der Waals surface area contributed by atoms with Crippen LogP contribution in [0, 0.1) is 0 Å². The fraction of sp³-hybridized carbons (Fsp3) is 0.438. The Labute approximate surface area is 440 Å². The second-order valence-corrected chi connectivity index (χ2v) is 18.9. The molecule has 430 valence electrons. The third kappa shape index (κ3) is 11.9. The van der Waals surface area contributed by atoms with Crippen LogP contribution in [0.3, 0.4) is 0 Å². The zero-order chi connectivity index (χ0) is 58.5. The van der Waals surface area contributed by atoms with Gasteiger partial charge in [0.1, 0.15) is 17.1 Å². The highest BCUT2D eigenvalue weighted by Crippen LogP contribution is 2.46. The van der Waals surface area contributed by atoms with Gasteiger partial charge in [-0.3, -0.25) is 14.6 Å². The van der Waals surface area contributed by atoms with Crippen molar-refractivity contribution in [3.63, 3.8) is 0 Å². The first-order valence-electron chi connectivity index (χ1n) is 24.0. The van der Waals surface area contributed by atoms with Crippen molar-refractivity contribution < 1.29 is 99.2 Å². The van der Waals surface area contributed by atoms with Gasteiger partial charge in [-0.2, -0.15) is 65.9 Å². The standard InChI is InChI=1S/C48H42F15N11O6/c49-44(50,51)27-19-29(64)34-36-69-70-40(79-36)42(77,47(58,59)60)13-3-1-5-15-72(38(75)32(27)67-34)22-25-9-7-8-24(18-25)12-17-74-41-43(78,48(61,62)63)14-4-2-6-16-73(23-26-10-11-31(66-21-26)46(55,56)57)39(76)33-28(45(52,53)54)20-30(65)35(68-33)37(71-74)80-41/h7-11,18-21,77-78H,1-6,12-17,22-23H2,(H3-,64,65,69,71,75,76)/p+1. The number of amides is 2. The Hall–Kier alpha value is -7.64. The molecule has 8 bridgehead atoms. The molecule has 1 aromatic carbocycles. The number of rotatable bonds is 7. The van der Waals surface area contributed by atoms with Gasteiger partial charge in [0, 0.05) is 43.9 Å². The third-order valence-corrected chi connectivity index (χ3v) is 13.2. The van der Waals surface area contributed by atoms with Crippen molar-refractivity contribution >= 4 is 23.2 Å². The lowest BCUT2D eigenvalue weighted by molar-refractivity contribution is -0.768. The van der Waals surface area contributed by atoms with Crippen molar-refractivity contribution in [2.45, 2.75) is 120 Å². The molecule has 2 unspecified atom stereocenters. The normalized spacial score (nSPS) is 19.5. The largest absolute Gasteiger partial charge is 0.433 e. The number of alkyl halides is 15. The summed E-state index contributed by atoms with van der Waals surface area (Å²) in [6, 6.07) is 7.63. The van der Waals surface area contributed by atoms with Gasteiger partial charge >= 0.3 is 42.7 Å². The summed E-state index contributed by atoms with van der Waals surface area (Å²) in [6.07, 6.45) is -29.8. The molecule has 2 atom stereocenters. The predicted molar refractivity (Wildman–Crippen MR) is 242 cm³/mol. The van der Waals surface area contributed by atoms with Gasteiger partial charge in [0.2, 0.25) is 5.60 Å². The molecule has 32 heteroatoms. The fourth-order valence-corrected chi connectivity index (χ4v) is 9.02. The number of benzene rings is 1. The summed E-state index contributed by atoms with van der Waals surface area (Å²) >= 11 is 0. The van der Waals surface area contributed by atoms with Crippen molar-refractivity contribution in [3.8, 4) is 23.2 Å². The number of pyridine rings is 3. The summed E-state index contributed by atoms with van der Waals surface area (Å²) in [7, 11) is 0. The van der Waals surface area contributed by atoms with Crippen LogP contribution >= 0.6 is 0 Å². The number of hydrogen-bond donors (Lipinski definition) is 4. The van der Waals surface area contributed by atoms with E-state index in [2.05, 4.69) is 30.2 Å². The summed E-state index contributed by atoms with van der Waals surface area (Å²) in [6.45, 7) is -2.69. The molecule has 0 saturated heterocycles. The van der Waals surface area contributed by atoms with Crippen LogP contribution in [-0.2, 0) is 55.8 Å². The zero-order valence-electron chi connectivity index (χ0n) is 41.0. The Kier molecular flexibility index (Phi) is 15.7. The number of nitrogens with zero attached hydrogens (tertiary/aromatic N) is 9. The number of carbonyl (C=O) groups excluding carboxylic acids is 2. The van der Waals surface area contributed by atoms with E-state index in [4.69, 9.17) is 20.3 Å². The van der Waals surface area contributed by atoms with Gasteiger partial charge in [0.05, 0.1) is 22.5 Å². The predicted octanol–water partition coefficient (Wildman–Crippen LogP) is 9.26. The Bertz CT molecular complexity index is 3270. The number of hydrogen-bond acceptors (Lipinski definition) is 14. The highest BCUT2D eigenvalue weighted by Gasteiger charge is 2.64. The smallest absolute Gasteiger partial charge is 0.416 e. The number of nitrogens with two attached hydrogens (primary N) is 2.